The summed E-state index contributed by atoms with van der Waals surface area (Å²) in [7, 11) is 1.66. The number of benzene rings is 1. The van der Waals surface area contributed by atoms with Crippen LogP contribution in [0.25, 0.3) is 0 Å². The van der Waals surface area contributed by atoms with Crippen LogP contribution in [0.15, 0.2) is 30.3 Å². The molecule has 0 aliphatic rings. The second-order valence-corrected chi connectivity index (χ2v) is 5.57. The van der Waals surface area contributed by atoms with Gasteiger partial charge in [0.25, 0.3) is 0 Å². The third-order valence-electron chi connectivity index (χ3n) is 2.57. The molecule has 2 N–H and O–H groups in total. The van der Waals surface area contributed by atoms with Crippen molar-refractivity contribution in [2.75, 3.05) is 17.7 Å². The van der Waals surface area contributed by atoms with Crippen molar-refractivity contribution in [2.45, 2.75) is 6.54 Å². The van der Waals surface area contributed by atoms with Crippen LogP contribution in [-0.4, -0.2) is 12.0 Å². The van der Waals surface area contributed by atoms with E-state index < -0.39 is 4.92 Å². The molecule has 0 saturated heterocycles. The molecule has 0 unspecified atom stereocenters. The van der Waals surface area contributed by atoms with Gasteiger partial charge in [0.2, 0.25) is 0 Å². The van der Waals surface area contributed by atoms with Gasteiger partial charge in [0.15, 0.2) is 0 Å². The summed E-state index contributed by atoms with van der Waals surface area (Å²) in [5.41, 5.74) is 1.02. The van der Waals surface area contributed by atoms with Crippen LogP contribution in [0.4, 0.5) is 17.1 Å². The van der Waals surface area contributed by atoms with E-state index in [0.717, 1.165) is 4.88 Å². The summed E-state index contributed by atoms with van der Waals surface area (Å²) in [6, 6.07) is 8.83. The van der Waals surface area contributed by atoms with Crippen LogP contribution in [0.5, 0.6) is 0 Å². The summed E-state index contributed by atoms with van der Waals surface area (Å²) in [5.74, 6) is 0. The quantitative estimate of drug-likeness (QED) is 0.647. The lowest BCUT2D eigenvalue weighted by Gasteiger charge is -2.09. The highest BCUT2D eigenvalue weighted by molar-refractivity contribution is 7.16. The lowest BCUT2D eigenvalue weighted by molar-refractivity contribution is -0.383. The fourth-order valence-corrected chi connectivity index (χ4v) is 2.74. The molecular weight excluding hydrogens is 286 g/mol. The molecular formula is C12H12ClN3O2S. The van der Waals surface area contributed by atoms with Crippen LogP contribution in [0.3, 0.4) is 0 Å². The lowest BCUT2D eigenvalue weighted by atomic mass is 10.2. The fraction of sp³-hybridized carbons (Fsp3) is 0.167. The van der Waals surface area contributed by atoms with Crippen LogP contribution >= 0.6 is 22.9 Å². The Hall–Kier alpha value is -1.79. The van der Waals surface area contributed by atoms with Gasteiger partial charge in [-0.15, -0.1) is 11.3 Å². The van der Waals surface area contributed by atoms with Crippen molar-refractivity contribution < 1.29 is 4.92 Å². The average molecular weight is 298 g/mol. The van der Waals surface area contributed by atoms with E-state index in [4.69, 9.17) is 11.6 Å². The lowest BCUT2D eigenvalue weighted by Crippen LogP contribution is -2.04. The molecule has 1 aromatic heterocycles. The SMILES string of the molecule is CNc1cccc(NCc2ccc(Cl)s2)c1[N+](=O)[O-]. The van der Waals surface area contributed by atoms with Crippen molar-refractivity contribution in [1.82, 2.24) is 0 Å². The molecule has 19 heavy (non-hydrogen) atoms. The van der Waals surface area contributed by atoms with Crippen LogP contribution in [0, 0.1) is 10.1 Å². The zero-order chi connectivity index (χ0) is 13.8. The Labute approximate surface area is 119 Å². The van der Waals surface area contributed by atoms with Gasteiger partial charge in [-0.25, -0.2) is 0 Å². The van der Waals surface area contributed by atoms with E-state index in [1.807, 2.05) is 12.1 Å². The average Bonchev–Trinajstić information content (AvgIpc) is 2.81. The zero-order valence-corrected chi connectivity index (χ0v) is 11.7. The summed E-state index contributed by atoms with van der Waals surface area (Å²) >= 11 is 7.29. The molecule has 0 aliphatic heterocycles. The molecule has 100 valence electrons. The van der Waals surface area contributed by atoms with E-state index in [2.05, 4.69) is 10.6 Å². The second-order valence-electron chi connectivity index (χ2n) is 3.77. The van der Waals surface area contributed by atoms with E-state index in [1.54, 1.807) is 25.2 Å². The molecule has 0 radical (unpaired) electrons. The topological polar surface area (TPSA) is 67.2 Å². The number of rotatable bonds is 5. The highest BCUT2D eigenvalue weighted by Crippen LogP contribution is 2.33. The Morgan fingerprint density at radius 1 is 1.32 bits per heavy atom. The summed E-state index contributed by atoms with van der Waals surface area (Å²) in [6.07, 6.45) is 0. The first kappa shape index (κ1) is 13.6. The molecule has 0 saturated carbocycles. The van der Waals surface area contributed by atoms with E-state index in [9.17, 15) is 10.1 Å². The first-order valence-corrected chi connectivity index (χ1v) is 6.74. The first-order chi connectivity index (χ1) is 9.11. The van der Waals surface area contributed by atoms with Gasteiger partial charge in [0.05, 0.1) is 9.26 Å². The largest absolute Gasteiger partial charge is 0.382 e. The van der Waals surface area contributed by atoms with Crippen molar-refractivity contribution in [1.29, 1.82) is 0 Å². The smallest absolute Gasteiger partial charge is 0.315 e. The van der Waals surface area contributed by atoms with E-state index in [-0.39, 0.29) is 5.69 Å². The normalized spacial score (nSPS) is 10.2. The Bertz CT molecular complexity index is 600. The van der Waals surface area contributed by atoms with E-state index >= 15 is 0 Å². The summed E-state index contributed by atoms with van der Waals surface area (Å²) < 4.78 is 0.704. The van der Waals surface area contributed by atoms with Gasteiger partial charge < -0.3 is 10.6 Å². The number of para-hydroxylation sites is 1. The highest BCUT2D eigenvalue weighted by atomic mass is 35.5. The molecule has 0 fully saturated rings. The number of anilines is 2. The van der Waals surface area contributed by atoms with Crippen molar-refractivity contribution in [2.24, 2.45) is 0 Å². The number of nitrogens with zero attached hydrogens (tertiary/aromatic N) is 1. The van der Waals surface area contributed by atoms with Gasteiger partial charge >= 0.3 is 5.69 Å². The maximum absolute atomic E-state index is 11.1. The fourth-order valence-electron chi connectivity index (χ4n) is 1.71. The minimum atomic E-state index is -0.393. The number of thiophene rings is 1. The predicted octanol–water partition coefficient (Wildman–Crippen LogP) is 3.96. The molecule has 0 bridgehead atoms. The van der Waals surface area contributed by atoms with Gasteiger partial charge in [-0.2, -0.15) is 0 Å². The molecule has 1 heterocycles. The number of nitrogens with one attached hydrogen (secondary N) is 2. The van der Waals surface area contributed by atoms with Gasteiger partial charge in [-0.1, -0.05) is 17.7 Å². The Balaban J connectivity index is 2.22. The van der Waals surface area contributed by atoms with Gasteiger partial charge in [-0.3, -0.25) is 10.1 Å². The molecule has 0 aliphatic carbocycles. The Morgan fingerprint density at radius 2 is 2.05 bits per heavy atom. The van der Waals surface area contributed by atoms with Gasteiger partial charge in [0, 0.05) is 18.5 Å². The van der Waals surface area contributed by atoms with Gasteiger partial charge in [0.1, 0.15) is 11.4 Å². The number of nitro groups is 1. The monoisotopic (exact) mass is 297 g/mol. The first-order valence-electron chi connectivity index (χ1n) is 5.55. The van der Waals surface area contributed by atoms with E-state index in [0.29, 0.717) is 22.3 Å². The molecule has 1 aromatic carbocycles. The third kappa shape index (κ3) is 3.15. The molecule has 0 atom stereocenters. The molecule has 0 amide bonds. The van der Waals surface area contributed by atoms with Crippen molar-refractivity contribution in [3.05, 3.63) is 49.7 Å². The third-order valence-corrected chi connectivity index (χ3v) is 3.80. The minimum absolute atomic E-state index is 0.0488. The maximum atomic E-state index is 11.1. The van der Waals surface area contributed by atoms with Crippen molar-refractivity contribution >= 4 is 40.0 Å². The molecule has 2 rings (SSSR count). The number of hydrogen-bond donors (Lipinski definition) is 2. The Morgan fingerprint density at radius 3 is 2.63 bits per heavy atom. The molecule has 7 heteroatoms. The van der Waals surface area contributed by atoms with Crippen LogP contribution in [-0.2, 0) is 6.54 Å². The summed E-state index contributed by atoms with van der Waals surface area (Å²) in [4.78, 5) is 11.8. The van der Waals surface area contributed by atoms with Crippen molar-refractivity contribution in [3.8, 4) is 0 Å². The number of halogens is 1. The highest BCUT2D eigenvalue weighted by Gasteiger charge is 2.18. The van der Waals surface area contributed by atoms with Crippen LogP contribution in [0.1, 0.15) is 4.88 Å². The summed E-state index contributed by atoms with van der Waals surface area (Å²) in [6.45, 7) is 0.505. The van der Waals surface area contributed by atoms with Crippen LogP contribution in [0.2, 0.25) is 4.34 Å². The molecule has 5 nitrogen and oxygen atoms in total. The van der Waals surface area contributed by atoms with Crippen molar-refractivity contribution in [3.63, 3.8) is 0 Å². The molecule has 2 aromatic rings. The van der Waals surface area contributed by atoms with E-state index in [1.165, 1.54) is 11.3 Å². The van der Waals surface area contributed by atoms with Crippen LogP contribution < -0.4 is 10.6 Å². The number of hydrogen-bond acceptors (Lipinski definition) is 5. The van der Waals surface area contributed by atoms with Gasteiger partial charge in [-0.05, 0) is 24.3 Å². The zero-order valence-electron chi connectivity index (χ0n) is 10.1. The summed E-state index contributed by atoms with van der Waals surface area (Å²) in [5, 5.41) is 17.0. The maximum Gasteiger partial charge on any atom is 0.315 e. The molecule has 0 spiro atoms. The second kappa shape index (κ2) is 5.90. The standard InChI is InChI=1S/C12H12ClN3O2S/c1-14-9-3-2-4-10(12(9)16(17)18)15-7-8-5-6-11(13)19-8/h2-6,14-15H,7H2,1H3. The predicted molar refractivity (Wildman–Crippen MR) is 79.3 cm³/mol. The Kier molecular flexibility index (Phi) is 4.24. The number of nitro benzene ring substituents is 1. The minimum Gasteiger partial charge on any atom is -0.382 e.